The molecule has 4 aromatic rings. The summed E-state index contributed by atoms with van der Waals surface area (Å²) < 4.78 is 50.8. The molecule has 3 heterocycles. The molecule has 8 nitrogen and oxygen atoms in total. The molecule has 0 atom stereocenters. The number of ether oxygens (including phenoxy) is 1. The second kappa shape index (κ2) is 9.40. The smallest absolute Gasteiger partial charge is 0.407 e. The van der Waals surface area contributed by atoms with Crippen LogP contribution in [0.1, 0.15) is 31.9 Å². The number of fused-ring (bicyclic) bond motifs is 1. The number of rotatable bonds is 6. The molecule has 0 saturated carbocycles. The van der Waals surface area contributed by atoms with Crippen molar-refractivity contribution < 1.29 is 22.7 Å². The number of benzene rings is 1. The zero-order valence-electron chi connectivity index (χ0n) is 19.7. The van der Waals surface area contributed by atoms with E-state index in [0.717, 1.165) is 11.1 Å². The predicted molar refractivity (Wildman–Crippen MR) is 123 cm³/mol. The number of alkyl halides is 2. The van der Waals surface area contributed by atoms with E-state index >= 15 is 4.39 Å². The van der Waals surface area contributed by atoms with Gasteiger partial charge in [0.05, 0.1) is 11.7 Å². The highest BCUT2D eigenvalue weighted by Crippen LogP contribution is 2.32. The van der Waals surface area contributed by atoms with Crippen molar-refractivity contribution in [3.63, 3.8) is 0 Å². The number of hydrogen-bond donors (Lipinski definition) is 1. The normalized spacial score (nSPS) is 11.9. The minimum absolute atomic E-state index is 0.0601. The topological polar surface area (TPSA) is 86.3 Å². The molecule has 0 aliphatic rings. The van der Waals surface area contributed by atoms with Crippen LogP contribution < -0.4 is 5.32 Å². The summed E-state index contributed by atoms with van der Waals surface area (Å²) in [5.74, 6) is -0.821. The number of aryl methyl sites for hydroxylation is 1. The van der Waals surface area contributed by atoms with Crippen LogP contribution in [0.25, 0.3) is 27.9 Å². The average molecular weight is 486 g/mol. The fourth-order valence-electron chi connectivity index (χ4n) is 3.73. The van der Waals surface area contributed by atoms with E-state index in [1.54, 1.807) is 55.5 Å². The van der Waals surface area contributed by atoms with Gasteiger partial charge in [-0.05, 0) is 44.0 Å². The van der Waals surface area contributed by atoms with Crippen molar-refractivity contribution in [3.05, 3.63) is 60.1 Å². The lowest BCUT2D eigenvalue weighted by atomic mass is 9.98. The van der Waals surface area contributed by atoms with Crippen molar-refractivity contribution in [2.24, 2.45) is 7.05 Å². The third-order valence-corrected chi connectivity index (χ3v) is 5.22. The number of aromatic nitrogens is 5. The zero-order valence-corrected chi connectivity index (χ0v) is 19.7. The molecule has 184 valence electrons. The van der Waals surface area contributed by atoms with Crippen LogP contribution in [0.5, 0.6) is 0 Å². The quantitative estimate of drug-likeness (QED) is 0.424. The lowest BCUT2D eigenvalue weighted by molar-refractivity contribution is 0.0523. The van der Waals surface area contributed by atoms with Crippen LogP contribution in [0.15, 0.2) is 43.1 Å². The van der Waals surface area contributed by atoms with E-state index in [0.29, 0.717) is 5.52 Å². The maximum Gasteiger partial charge on any atom is 0.407 e. The third-order valence-electron chi connectivity index (χ3n) is 5.22. The summed E-state index contributed by atoms with van der Waals surface area (Å²) in [6.45, 7) is 4.94. The predicted octanol–water partition coefficient (Wildman–Crippen LogP) is 4.77. The molecule has 0 saturated heterocycles. The lowest BCUT2D eigenvalue weighted by Crippen LogP contribution is -2.32. The molecule has 0 fully saturated rings. The number of hydrogen-bond acceptors (Lipinski definition) is 5. The van der Waals surface area contributed by atoms with Gasteiger partial charge in [-0.2, -0.15) is 10.2 Å². The van der Waals surface area contributed by atoms with Crippen LogP contribution in [0.2, 0.25) is 0 Å². The Hall–Kier alpha value is -3.89. The van der Waals surface area contributed by atoms with Crippen LogP contribution >= 0.6 is 0 Å². The molecular weight excluding hydrogens is 461 g/mol. The molecule has 0 radical (unpaired) electrons. The Bertz CT molecular complexity index is 1370. The van der Waals surface area contributed by atoms with E-state index in [9.17, 15) is 13.6 Å². The standard InChI is InChI=1S/C24H25F3N6O2/c1-24(2,3)35-23(34)28-9-14-5-6-17(21(27)18(14)8-20(25)26)22-19-7-15(12-33(19)31-13-29-22)16-10-30-32(4)11-16/h5-7,10-13,20H,8-9H2,1-4H3,(H,28,34). The average Bonchev–Trinajstić information content (AvgIpc) is 3.39. The summed E-state index contributed by atoms with van der Waals surface area (Å²) in [5.41, 5.74) is 1.78. The number of nitrogens with zero attached hydrogens (tertiary/aromatic N) is 5. The van der Waals surface area contributed by atoms with Gasteiger partial charge in [-0.1, -0.05) is 6.07 Å². The molecule has 0 aliphatic carbocycles. The van der Waals surface area contributed by atoms with Gasteiger partial charge in [0.1, 0.15) is 23.4 Å². The van der Waals surface area contributed by atoms with Crippen LogP contribution in [0, 0.1) is 5.82 Å². The number of halogens is 3. The van der Waals surface area contributed by atoms with Crippen LogP contribution in [-0.2, 0) is 24.8 Å². The highest BCUT2D eigenvalue weighted by Gasteiger charge is 2.22. The van der Waals surface area contributed by atoms with Gasteiger partial charge in [-0.25, -0.2) is 27.5 Å². The first-order valence-corrected chi connectivity index (χ1v) is 10.9. The number of nitrogens with one attached hydrogen (secondary N) is 1. The zero-order chi connectivity index (χ0) is 25.3. The van der Waals surface area contributed by atoms with Crippen molar-refractivity contribution in [2.45, 2.75) is 45.8 Å². The van der Waals surface area contributed by atoms with Crippen molar-refractivity contribution in [2.75, 3.05) is 0 Å². The molecule has 0 bridgehead atoms. The van der Waals surface area contributed by atoms with E-state index in [4.69, 9.17) is 4.74 Å². The summed E-state index contributed by atoms with van der Waals surface area (Å²) in [7, 11) is 1.80. The molecule has 1 amide bonds. The maximum atomic E-state index is 15.7. The van der Waals surface area contributed by atoms with Gasteiger partial charge < -0.3 is 10.1 Å². The first-order valence-electron chi connectivity index (χ1n) is 10.9. The Balaban J connectivity index is 1.72. The minimum atomic E-state index is -2.78. The SMILES string of the molecule is Cn1cc(-c2cc3c(-c4ccc(CNC(=O)OC(C)(C)C)c(CC(F)F)c4F)ncnn3c2)cn1. The second-order valence-corrected chi connectivity index (χ2v) is 9.09. The molecule has 0 spiro atoms. The minimum Gasteiger partial charge on any atom is -0.444 e. The maximum absolute atomic E-state index is 15.7. The van der Waals surface area contributed by atoms with Crippen molar-refractivity contribution >= 4 is 11.6 Å². The van der Waals surface area contributed by atoms with Gasteiger partial charge in [0, 0.05) is 49.1 Å². The molecule has 35 heavy (non-hydrogen) atoms. The molecule has 1 aromatic carbocycles. The highest BCUT2D eigenvalue weighted by atomic mass is 19.3. The Labute approximate surface area is 199 Å². The summed E-state index contributed by atoms with van der Waals surface area (Å²) in [6, 6.07) is 4.77. The van der Waals surface area contributed by atoms with Gasteiger partial charge >= 0.3 is 6.09 Å². The first-order chi connectivity index (χ1) is 16.5. The number of amides is 1. The first kappa shape index (κ1) is 24.2. The molecule has 1 N–H and O–H groups in total. The monoisotopic (exact) mass is 486 g/mol. The summed E-state index contributed by atoms with van der Waals surface area (Å²) >= 11 is 0. The second-order valence-electron chi connectivity index (χ2n) is 9.09. The fourth-order valence-corrected chi connectivity index (χ4v) is 3.73. The fraction of sp³-hybridized carbons (Fsp3) is 0.333. The molecule has 0 aliphatic heterocycles. The Morgan fingerprint density at radius 3 is 2.60 bits per heavy atom. The lowest BCUT2D eigenvalue weighted by Gasteiger charge is -2.20. The Kier molecular flexibility index (Phi) is 6.51. The van der Waals surface area contributed by atoms with Gasteiger partial charge in [0.25, 0.3) is 0 Å². The molecule has 11 heteroatoms. The number of alkyl carbamates (subject to hydrolysis) is 1. The molecule has 4 rings (SSSR count). The molecule has 3 aromatic heterocycles. The van der Waals surface area contributed by atoms with E-state index in [-0.39, 0.29) is 28.9 Å². The van der Waals surface area contributed by atoms with Crippen molar-refractivity contribution in [1.29, 1.82) is 0 Å². The molecular formula is C24H25F3N6O2. The van der Waals surface area contributed by atoms with Crippen molar-refractivity contribution in [1.82, 2.24) is 29.7 Å². The highest BCUT2D eigenvalue weighted by molar-refractivity contribution is 5.82. The summed E-state index contributed by atoms with van der Waals surface area (Å²) in [4.78, 5) is 16.2. The van der Waals surface area contributed by atoms with Gasteiger partial charge in [0.2, 0.25) is 6.43 Å². The Morgan fingerprint density at radius 1 is 1.17 bits per heavy atom. The third kappa shape index (κ3) is 5.44. The Morgan fingerprint density at radius 2 is 1.94 bits per heavy atom. The number of carbonyl (C=O) groups excluding carboxylic acids is 1. The van der Waals surface area contributed by atoms with Gasteiger partial charge in [-0.3, -0.25) is 4.68 Å². The van der Waals surface area contributed by atoms with Crippen molar-refractivity contribution in [3.8, 4) is 22.4 Å². The van der Waals surface area contributed by atoms with Crippen LogP contribution in [-0.4, -0.2) is 42.5 Å². The van der Waals surface area contributed by atoms with Crippen LogP contribution in [0.3, 0.4) is 0 Å². The van der Waals surface area contributed by atoms with Crippen LogP contribution in [0.4, 0.5) is 18.0 Å². The van der Waals surface area contributed by atoms with Gasteiger partial charge in [-0.15, -0.1) is 0 Å². The largest absolute Gasteiger partial charge is 0.444 e. The summed E-state index contributed by atoms with van der Waals surface area (Å²) in [5, 5.41) is 10.8. The van der Waals surface area contributed by atoms with E-state index in [2.05, 4.69) is 20.5 Å². The van der Waals surface area contributed by atoms with E-state index in [1.165, 1.54) is 18.5 Å². The van der Waals surface area contributed by atoms with Gasteiger partial charge in [0.15, 0.2) is 0 Å². The van der Waals surface area contributed by atoms with E-state index in [1.807, 2.05) is 6.20 Å². The number of carbonyl (C=O) groups is 1. The molecule has 0 unspecified atom stereocenters. The van der Waals surface area contributed by atoms with E-state index < -0.39 is 30.4 Å². The summed E-state index contributed by atoms with van der Waals surface area (Å²) in [6.07, 6.45) is 2.24.